The second-order valence-corrected chi connectivity index (χ2v) is 7.34. The Morgan fingerprint density at radius 1 is 1.03 bits per heavy atom. The molecule has 0 aliphatic rings. The van der Waals surface area contributed by atoms with E-state index in [0.717, 1.165) is 16.7 Å². The molecule has 4 N–H and O–H groups in total. The summed E-state index contributed by atoms with van der Waals surface area (Å²) in [6.45, 7) is 6.01. The van der Waals surface area contributed by atoms with Gasteiger partial charge in [-0.25, -0.2) is 0 Å². The minimum absolute atomic E-state index is 0.0670. The molecule has 0 spiro atoms. The summed E-state index contributed by atoms with van der Waals surface area (Å²) in [6, 6.07) is 10.6. The molecule has 1 unspecified atom stereocenters. The Labute approximate surface area is 174 Å². The fourth-order valence-corrected chi connectivity index (χ4v) is 3.55. The molecule has 0 aliphatic carbocycles. The number of aromatic hydroxyl groups is 1. The molecule has 3 rings (SSSR count). The molecule has 0 radical (unpaired) electrons. The second-order valence-electron chi connectivity index (χ2n) is 7.34. The number of amides is 1. The molecule has 0 aliphatic heterocycles. The number of phenols is 1. The highest BCUT2D eigenvalue weighted by atomic mass is 16.3. The van der Waals surface area contributed by atoms with Crippen molar-refractivity contribution in [3.63, 3.8) is 0 Å². The summed E-state index contributed by atoms with van der Waals surface area (Å²) in [5.74, 6) is -0.752. The summed E-state index contributed by atoms with van der Waals surface area (Å²) in [7, 11) is 1.46. The molecule has 3 aromatic carbocycles. The van der Waals surface area contributed by atoms with Gasteiger partial charge in [0.25, 0.3) is 16.8 Å². The summed E-state index contributed by atoms with van der Waals surface area (Å²) >= 11 is 0. The van der Waals surface area contributed by atoms with E-state index in [1.54, 1.807) is 6.07 Å². The van der Waals surface area contributed by atoms with Crippen LogP contribution in [0.15, 0.2) is 46.0 Å². The summed E-state index contributed by atoms with van der Waals surface area (Å²) in [5.41, 5.74) is 2.47. The van der Waals surface area contributed by atoms with Crippen LogP contribution in [0.2, 0.25) is 0 Å². The Bertz CT molecular complexity index is 1160. The van der Waals surface area contributed by atoms with Gasteiger partial charge >= 0.3 is 0 Å². The maximum absolute atomic E-state index is 12.2. The van der Waals surface area contributed by atoms with Gasteiger partial charge in [0.1, 0.15) is 11.4 Å². The maximum Gasteiger partial charge on any atom is 0.254 e. The summed E-state index contributed by atoms with van der Waals surface area (Å²) in [6.07, 6.45) is 0.707. The first-order chi connectivity index (χ1) is 14.3. The van der Waals surface area contributed by atoms with Gasteiger partial charge in [-0.1, -0.05) is 42.3 Å². The van der Waals surface area contributed by atoms with E-state index in [1.165, 1.54) is 19.2 Å². The Hall–Kier alpha value is -3.61. The number of carbonyl (C=O) groups excluding carboxylic acids is 1. The zero-order valence-corrected chi connectivity index (χ0v) is 17.4. The van der Waals surface area contributed by atoms with Crippen LogP contribution in [-0.4, -0.2) is 18.1 Å². The fourth-order valence-electron chi connectivity index (χ4n) is 3.55. The minimum atomic E-state index is -0.669. The van der Waals surface area contributed by atoms with Gasteiger partial charge in [-0.3, -0.25) is 14.4 Å². The molecular formula is C23H25N3O4. The number of phenolic OH excluding ortho intramolecular Hbond substituents is 1. The van der Waals surface area contributed by atoms with Crippen LogP contribution in [0.3, 0.4) is 0 Å². The number of hydrogen-bond acceptors (Lipinski definition) is 6. The van der Waals surface area contributed by atoms with Crippen LogP contribution in [0.4, 0.5) is 17.1 Å². The molecule has 0 fully saturated rings. The number of para-hydroxylation sites is 1. The zero-order chi connectivity index (χ0) is 22.0. The van der Waals surface area contributed by atoms with Crippen LogP contribution >= 0.6 is 0 Å². The van der Waals surface area contributed by atoms with E-state index < -0.39 is 16.8 Å². The van der Waals surface area contributed by atoms with E-state index in [2.05, 4.69) is 22.0 Å². The van der Waals surface area contributed by atoms with Crippen LogP contribution in [-0.2, 0) is 0 Å². The lowest BCUT2D eigenvalue weighted by Gasteiger charge is -2.23. The highest BCUT2D eigenvalue weighted by molar-refractivity contribution is 5.99. The molecule has 156 valence electrons. The van der Waals surface area contributed by atoms with Crippen LogP contribution in [0.5, 0.6) is 5.75 Å². The highest BCUT2D eigenvalue weighted by Gasteiger charge is 2.25. The molecule has 7 nitrogen and oxygen atoms in total. The molecule has 1 amide bonds. The van der Waals surface area contributed by atoms with Gasteiger partial charge in [0.15, 0.2) is 5.75 Å². The average molecular weight is 407 g/mol. The molecule has 30 heavy (non-hydrogen) atoms. The Kier molecular flexibility index (Phi) is 5.91. The van der Waals surface area contributed by atoms with Crippen molar-refractivity contribution in [2.75, 3.05) is 17.7 Å². The summed E-state index contributed by atoms with van der Waals surface area (Å²) in [5, 5.41) is 18.8. The van der Waals surface area contributed by atoms with Gasteiger partial charge in [-0.15, -0.1) is 0 Å². The molecular weight excluding hydrogens is 382 g/mol. The highest BCUT2D eigenvalue weighted by Crippen LogP contribution is 2.33. The molecule has 0 heterocycles. The predicted octanol–water partition coefficient (Wildman–Crippen LogP) is 3.27. The molecule has 0 bridgehead atoms. The van der Waals surface area contributed by atoms with E-state index in [-0.39, 0.29) is 34.4 Å². The van der Waals surface area contributed by atoms with E-state index >= 15 is 0 Å². The number of anilines is 3. The topological polar surface area (TPSA) is 108 Å². The lowest BCUT2D eigenvalue weighted by Crippen LogP contribution is -2.37. The lowest BCUT2D eigenvalue weighted by atomic mass is 9.98. The zero-order valence-electron chi connectivity index (χ0n) is 17.4. The van der Waals surface area contributed by atoms with Gasteiger partial charge in [-0.05, 0) is 38.0 Å². The minimum Gasteiger partial charge on any atom is -0.505 e. The SMILES string of the molecule is CCC(Nc1c(Nc2cccc(C(=O)NC)c2O)c(=O)c1=O)c1cc(C)cc(C)c1. The molecule has 1 atom stereocenters. The van der Waals surface area contributed by atoms with Crippen molar-refractivity contribution in [2.45, 2.75) is 33.2 Å². The predicted molar refractivity (Wildman–Crippen MR) is 119 cm³/mol. The van der Waals surface area contributed by atoms with Crippen molar-refractivity contribution < 1.29 is 9.90 Å². The fraction of sp³-hybridized carbons (Fsp3) is 0.261. The third kappa shape index (κ3) is 3.91. The van der Waals surface area contributed by atoms with Crippen LogP contribution in [0.1, 0.15) is 46.4 Å². The number of carbonyl (C=O) groups is 1. The Morgan fingerprint density at radius 2 is 1.67 bits per heavy atom. The lowest BCUT2D eigenvalue weighted by molar-refractivity contribution is 0.0960. The molecule has 0 saturated carbocycles. The first-order valence-electron chi connectivity index (χ1n) is 9.75. The number of rotatable bonds is 7. The quantitative estimate of drug-likeness (QED) is 0.354. The first-order valence-corrected chi connectivity index (χ1v) is 9.75. The number of nitrogens with one attached hydrogen (secondary N) is 3. The van der Waals surface area contributed by atoms with E-state index in [9.17, 15) is 19.5 Å². The van der Waals surface area contributed by atoms with Crippen molar-refractivity contribution in [3.05, 3.63) is 79.1 Å². The average Bonchev–Trinajstić information content (AvgIpc) is 2.72. The summed E-state index contributed by atoms with van der Waals surface area (Å²) in [4.78, 5) is 36.3. The van der Waals surface area contributed by atoms with Gasteiger partial charge in [0.05, 0.1) is 17.3 Å². The van der Waals surface area contributed by atoms with Gasteiger partial charge in [0, 0.05) is 7.05 Å². The standard InChI is InChI=1S/C23H25N3O4/c1-5-16(14-10-12(2)9-13(3)11-14)25-18-19(22(29)21(18)28)26-17-8-6-7-15(20(17)27)23(30)24-4/h6-11,16,25-27H,5H2,1-4H3,(H,24,30). The molecule has 7 heteroatoms. The van der Waals surface area contributed by atoms with E-state index in [4.69, 9.17) is 0 Å². The molecule has 3 aromatic rings. The largest absolute Gasteiger partial charge is 0.505 e. The monoisotopic (exact) mass is 407 g/mol. The van der Waals surface area contributed by atoms with E-state index in [1.807, 2.05) is 32.9 Å². The van der Waals surface area contributed by atoms with Crippen LogP contribution < -0.4 is 26.8 Å². The van der Waals surface area contributed by atoms with Crippen molar-refractivity contribution >= 4 is 23.0 Å². The third-order valence-electron chi connectivity index (χ3n) is 5.05. The first kappa shape index (κ1) is 21.1. The molecule has 0 aromatic heterocycles. The van der Waals surface area contributed by atoms with Crippen molar-refractivity contribution in [1.29, 1.82) is 0 Å². The van der Waals surface area contributed by atoms with Crippen LogP contribution in [0, 0.1) is 13.8 Å². The van der Waals surface area contributed by atoms with Gasteiger partial charge in [0.2, 0.25) is 0 Å². The Morgan fingerprint density at radius 3 is 2.27 bits per heavy atom. The van der Waals surface area contributed by atoms with Crippen molar-refractivity contribution in [2.24, 2.45) is 0 Å². The second kappa shape index (κ2) is 8.41. The summed E-state index contributed by atoms with van der Waals surface area (Å²) < 4.78 is 0. The van der Waals surface area contributed by atoms with Gasteiger partial charge in [-0.2, -0.15) is 0 Å². The maximum atomic E-state index is 12.2. The number of hydrogen-bond donors (Lipinski definition) is 4. The smallest absolute Gasteiger partial charge is 0.254 e. The number of benzene rings is 2. The van der Waals surface area contributed by atoms with E-state index in [0.29, 0.717) is 6.42 Å². The molecule has 0 saturated heterocycles. The van der Waals surface area contributed by atoms with Crippen molar-refractivity contribution in [3.8, 4) is 5.75 Å². The third-order valence-corrected chi connectivity index (χ3v) is 5.05. The van der Waals surface area contributed by atoms with Crippen LogP contribution in [0.25, 0.3) is 0 Å². The normalized spacial score (nSPS) is 11.9. The number of aryl methyl sites for hydroxylation is 2. The van der Waals surface area contributed by atoms with Gasteiger partial charge < -0.3 is 21.1 Å². The Balaban J connectivity index is 1.92. The van der Waals surface area contributed by atoms with Crippen molar-refractivity contribution in [1.82, 2.24) is 5.32 Å².